The number of amides is 1. The molecule has 0 radical (unpaired) electrons. The van der Waals surface area contributed by atoms with Gasteiger partial charge in [0, 0.05) is 75.0 Å². The third-order valence-corrected chi connectivity index (χ3v) is 9.80. The molecule has 2 aromatic heterocycles. The molecule has 5 rings (SSSR count). The van der Waals surface area contributed by atoms with Crippen molar-refractivity contribution >= 4 is 15.9 Å². The van der Waals surface area contributed by atoms with E-state index in [1.54, 1.807) is 17.6 Å². The van der Waals surface area contributed by atoms with E-state index in [1.165, 1.54) is 16.4 Å². The first-order chi connectivity index (χ1) is 18.1. The highest BCUT2D eigenvalue weighted by Crippen LogP contribution is 2.41. The minimum absolute atomic E-state index is 0.0363. The predicted molar refractivity (Wildman–Crippen MR) is 138 cm³/mol. The predicted octanol–water partition coefficient (Wildman–Crippen LogP) is 0.819. The van der Waals surface area contributed by atoms with Gasteiger partial charge in [-0.25, -0.2) is 12.7 Å². The van der Waals surface area contributed by atoms with Gasteiger partial charge in [-0.1, -0.05) is 6.07 Å². The largest absolute Gasteiger partial charge is 0.502 e. The molecule has 2 atom stereocenters. The van der Waals surface area contributed by atoms with Crippen LogP contribution in [0.25, 0.3) is 0 Å². The van der Waals surface area contributed by atoms with E-state index in [0.717, 1.165) is 12.1 Å². The average Bonchev–Trinajstić information content (AvgIpc) is 2.87. The molecule has 0 spiro atoms. The minimum atomic E-state index is -3.64. The topological polar surface area (TPSA) is 148 Å². The minimum Gasteiger partial charge on any atom is -0.502 e. The maximum Gasteiger partial charge on any atom is 0.250 e. The van der Waals surface area contributed by atoms with Crippen molar-refractivity contribution in [2.24, 2.45) is 5.92 Å². The van der Waals surface area contributed by atoms with Crippen LogP contribution in [0.4, 0.5) is 0 Å². The molecule has 0 aromatic carbocycles. The van der Waals surface area contributed by atoms with Gasteiger partial charge in [0.2, 0.25) is 27.1 Å². The van der Waals surface area contributed by atoms with Crippen molar-refractivity contribution in [1.82, 2.24) is 14.2 Å². The third kappa shape index (κ3) is 5.16. The molecular weight excluding hydrogens is 514 g/mol. The number of hydrogen-bond acceptors (Lipinski definition) is 8. The van der Waals surface area contributed by atoms with Crippen molar-refractivity contribution in [3.8, 4) is 5.75 Å². The van der Waals surface area contributed by atoms with Crippen LogP contribution in [0.15, 0.2) is 38.3 Å². The van der Waals surface area contributed by atoms with Gasteiger partial charge >= 0.3 is 0 Å². The molecule has 38 heavy (non-hydrogen) atoms. The van der Waals surface area contributed by atoms with E-state index in [2.05, 4.69) is 5.32 Å². The van der Waals surface area contributed by atoms with Gasteiger partial charge in [-0.3, -0.25) is 14.4 Å². The van der Waals surface area contributed by atoms with Gasteiger partial charge in [-0.15, -0.1) is 0 Å². The highest BCUT2D eigenvalue weighted by Gasteiger charge is 2.42. The lowest BCUT2D eigenvalue weighted by molar-refractivity contribution is -0.123. The average molecular weight is 548 g/mol. The highest BCUT2D eigenvalue weighted by atomic mass is 32.2. The number of sulfonamides is 1. The summed E-state index contributed by atoms with van der Waals surface area (Å²) in [5.41, 5.74) is -0.682. The molecule has 5 heterocycles. The number of pyridine rings is 1. The van der Waals surface area contributed by atoms with Gasteiger partial charge in [0.15, 0.2) is 5.76 Å². The molecule has 12 heteroatoms. The van der Waals surface area contributed by atoms with Crippen molar-refractivity contribution in [3.63, 3.8) is 0 Å². The Labute approximate surface area is 220 Å². The van der Waals surface area contributed by atoms with Gasteiger partial charge in [-0.05, 0) is 38.2 Å². The number of fused-ring (bicyclic) bond motifs is 4. The molecular formula is C26H33N3O8S. The summed E-state index contributed by atoms with van der Waals surface area (Å²) in [7, 11) is -3.64. The monoisotopic (exact) mass is 547 g/mol. The number of aromatic hydroxyl groups is 1. The Kier molecular flexibility index (Phi) is 7.23. The summed E-state index contributed by atoms with van der Waals surface area (Å²) in [6, 6.07) is 6.33. The number of nitrogens with one attached hydrogen (secondary N) is 1. The molecule has 2 bridgehead atoms. The van der Waals surface area contributed by atoms with Crippen LogP contribution in [0, 0.1) is 12.8 Å². The van der Waals surface area contributed by atoms with Gasteiger partial charge in [0.25, 0.3) is 5.56 Å². The zero-order valence-corrected chi connectivity index (χ0v) is 22.2. The van der Waals surface area contributed by atoms with Gasteiger partial charge in [-0.2, -0.15) is 0 Å². The first kappa shape index (κ1) is 26.6. The first-order valence-corrected chi connectivity index (χ1v) is 14.6. The van der Waals surface area contributed by atoms with Crippen molar-refractivity contribution in [2.75, 3.05) is 38.6 Å². The number of piperidine rings is 1. The molecule has 2 saturated heterocycles. The lowest BCUT2D eigenvalue weighted by Crippen LogP contribution is -2.50. The lowest BCUT2D eigenvalue weighted by atomic mass is 9.74. The van der Waals surface area contributed by atoms with Crippen LogP contribution in [0.1, 0.15) is 48.8 Å². The smallest absolute Gasteiger partial charge is 0.250 e. The van der Waals surface area contributed by atoms with E-state index in [1.807, 2.05) is 6.07 Å². The number of nitrogens with zero attached hydrogens (tertiary/aromatic N) is 2. The number of hydrogen-bond donors (Lipinski definition) is 2. The summed E-state index contributed by atoms with van der Waals surface area (Å²) in [6.45, 7) is 3.37. The van der Waals surface area contributed by atoms with Crippen LogP contribution < -0.4 is 16.3 Å². The zero-order valence-electron chi connectivity index (χ0n) is 21.3. The standard InChI is InChI=1S/C26H33N3O8S/c1-17-11-21(30)24(33)25(37-17)26(5-8-36-9-6-26)13-22(31)27-7-10-38(34,35)28-14-18-12-19(16-28)20-3-2-4-23(32)29(20)15-18/h2-4,11,18-19,33H,5-10,12-16H2,1H3,(H,27,31). The van der Waals surface area contributed by atoms with Crippen LogP contribution in [-0.2, 0) is 31.5 Å². The summed E-state index contributed by atoms with van der Waals surface area (Å²) in [4.78, 5) is 37.4. The van der Waals surface area contributed by atoms with E-state index in [4.69, 9.17) is 9.15 Å². The third-order valence-electron chi connectivity index (χ3n) is 8.00. The fourth-order valence-corrected chi connectivity index (χ4v) is 7.57. The van der Waals surface area contributed by atoms with Crippen LogP contribution in [-0.4, -0.2) is 66.9 Å². The van der Waals surface area contributed by atoms with Crippen molar-refractivity contribution in [1.29, 1.82) is 0 Å². The molecule has 3 aliphatic heterocycles. The summed E-state index contributed by atoms with van der Waals surface area (Å²) < 4.78 is 40.8. The Morgan fingerprint density at radius 2 is 1.95 bits per heavy atom. The normalized spacial score (nSPS) is 23.0. The molecule has 206 valence electrons. The summed E-state index contributed by atoms with van der Waals surface area (Å²) in [5.74, 6) is -0.712. The maximum absolute atomic E-state index is 13.2. The second-order valence-corrected chi connectivity index (χ2v) is 12.7. The summed E-state index contributed by atoms with van der Waals surface area (Å²) in [5, 5.41) is 13.2. The Morgan fingerprint density at radius 1 is 1.18 bits per heavy atom. The second-order valence-electron chi connectivity index (χ2n) is 10.6. The quantitative estimate of drug-likeness (QED) is 0.518. The van der Waals surface area contributed by atoms with E-state index in [0.29, 0.717) is 51.4 Å². The van der Waals surface area contributed by atoms with E-state index in [9.17, 15) is 27.9 Å². The van der Waals surface area contributed by atoms with Gasteiger partial charge in [0.05, 0.1) is 5.75 Å². The number of aryl methyl sites for hydroxylation is 1. The number of aromatic nitrogens is 1. The molecule has 3 aliphatic rings. The van der Waals surface area contributed by atoms with Crippen molar-refractivity contribution in [2.45, 2.75) is 50.5 Å². The SMILES string of the molecule is Cc1cc(=O)c(O)c(C2(CC(=O)NCCS(=O)(=O)N3CC4CC(C3)c3cccc(=O)n3C4)CCOCC2)o1. The van der Waals surface area contributed by atoms with Crippen molar-refractivity contribution < 1.29 is 27.5 Å². The van der Waals surface area contributed by atoms with E-state index < -0.39 is 32.5 Å². The highest BCUT2D eigenvalue weighted by molar-refractivity contribution is 7.89. The maximum atomic E-state index is 13.2. The molecule has 1 amide bonds. The number of carbonyl (C=O) groups excluding carboxylic acids is 1. The number of carbonyl (C=O) groups is 1. The first-order valence-electron chi connectivity index (χ1n) is 12.9. The Bertz CT molecular complexity index is 1440. The van der Waals surface area contributed by atoms with Crippen LogP contribution in [0.2, 0.25) is 0 Å². The lowest BCUT2D eigenvalue weighted by Gasteiger charge is -2.42. The number of ether oxygens (including phenoxy) is 1. The molecule has 0 aliphatic carbocycles. The Balaban J connectivity index is 1.23. The Hall–Kier alpha value is -2.96. The molecule has 2 N–H and O–H groups in total. The molecule has 2 aromatic rings. The second kappa shape index (κ2) is 10.3. The van der Waals surface area contributed by atoms with Crippen LogP contribution >= 0.6 is 0 Å². The van der Waals surface area contributed by atoms with E-state index in [-0.39, 0.29) is 41.9 Å². The molecule has 0 saturated carbocycles. The fraction of sp³-hybridized carbons (Fsp3) is 0.577. The number of rotatable bonds is 7. The van der Waals surface area contributed by atoms with Gasteiger partial charge in [0.1, 0.15) is 5.76 Å². The zero-order chi connectivity index (χ0) is 27.1. The molecule has 2 unspecified atom stereocenters. The summed E-state index contributed by atoms with van der Waals surface area (Å²) in [6.07, 6.45) is 1.52. The summed E-state index contributed by atoms with van der Waals surface area (Å²) >= 11 is 0. The van der Waals surface area contributed by atoms with E-state index >= 15 is 0 Å². The molecule has 11 nitrogen and oxygen atoms in total. The van der Waals surface area contributed by atoms with Crippen LogP contribution in [0.5, 0.6) is 5.75 Å². The van der Waals surface area contributed by atoms with Crippen molar-refractivity contribution in [3.05, 3.63) is 62.1 Å². The van der Waals surface area contributed by atoms with Crippen LogP contribution in [0.3, 0.4) is 0 Å². The fourth-order valence-electron chi connectivity index (χ4n) is 6.11. The molecule has 2 fully saturated rings. The Morgan fingerprint density at radius 3 is 2.71 bits per heavy atom. The van der Waals surface area contributed by atoms with Gasteiger partial charge < -0.3 is 24.1 Å².